The predicted molar refractivity (Wildman–Crippen MR) is 147 cm³/mol. The van der Waals surface area contributed by atoms with Crippen molar-refractivity contribution in [1.82, 2.24) is 9.88 Å². The lowest BCUT2D eigenvalue weighted by Gasteiger charge is -2.18. The number of aryl methyl sites for hydroxylation is 3. The van der Waals surface area contributed by atoms with Crippen LogP contribution in [0.15, 0.2) is 63.8 Å². The fourth-order valence-corrected chi connectivity index (χ4v) is 4.73. The van der Waals surface area contributed by atoms with Gasteiger partial charge in [-0.25, -0.2) is 12.8 Å². The maximum Gasteiger partial charge on any atom is 0.293 e. The van der Waals surface area contributed by atoms with E-state index in [0.717, 1.165) is 5.41 Å². The van der Waals surface area contributed by atoms with Crippen LogP contribution in [-0.2, 0) is 17.1 Å². The van der Waals surface area contributed by atoms with E-state index in [9.17, 15) is 22.4 Å². The van der Waals surface area contributed by atoms with E-state index in [2.05, 4.69) is 21.9 Å². The first-order valence-electron chi connectivity index (χ1n) is 11.7. The third kappa shape index (κ3) is 5.18. The minimum Gasteiger partial charge on any atom is -0.445 e. The van der Waals surface area contributed by atoms with Gasteiger partial charge >= 0.3 is 0 Å². The zero-order chi connectivity index (χ0) is 27.8. The molecule has 0 unspecified atom stereocenters. The number of benzene rings is 2. The molecule has 0 spiro atoms. The van der Waals surface area contributed by atoms with Crippen molar-refractivity contribution in [2.45, 2.75) is 20.8 Å². The van der Waals surface area contributed by atoms with Gasteiger partial charge in [0.25, 0.3) is 21.5 Å². The number of halogens is 1. The van der Waals surface area contributed by atoms with Gasteiger partial charge < -0.3 is 19.6 Å². The molecule has 1 amide bonds. The third-order valence-electron chi connectivity index (χ3n) is 5.97. The topological polar surface area (TPSA) is 122 Å². The molecular formula is C27H27FN4O5S. The maximum absolute atomic E-state index is 13.9. The van der Waals surface area contributed by atoms with Gasteiger partial charge in [-0.3, -0.25) is 14.3 Å². The van der Waals surface area contributed by atoms with Crippen molar-refractivity contribution in [1.29, 1.82) is 0 Å². The zero-order valence-corrected chi connectivity index (χ0v) is 22.1. The number of aromatic nitrogens is 1. The summed E-state index contributed by atoms with van der Waals surface area (Å²) in [6.45, 7) is 8.99. The van der Waals surface area contributed by atoms with Gasteiger partial charge in [0.2, 0.25) is 5.58 Å². The Morgan fingerprint density at radius 1 is 1.13 bits per heavy atom. The van der Waals surface area contributed by atoms with Gasteiger partial charge in [0.15, 0.2) is 5.76 Å². The van der Waals surface area contributed by atoms with Gasteiger partial charge in [-0.15, -0.1) is 0 Å². The molecule has 0 saturated carbocycles. The van der Waals surface area contributed by atoms with Crippen LogP contribution in [0.25, 0.3) is 22.1 Å². The van der Waals surface area contributed by atoms with E-state index in [4.69, 9.17) is 4.42 Å². The van der Waals surface area contributed by atoms with Crippen molar-refractivity contribution in [2.75, 3.05) is 16.6 Å². The number of sulfonamides is 1. The van der Waals surface area contributed by atoms with Crippen LogP contribution in [0.1, 0.15) is 28.6 Å². The average molecular weight is 539 g/mol. The second kappa shape index (κ2) is 10.2. The molecule has 0 aliphatic rings. The van der Waals surface area contributed by atoms with E-state index >= 15 is 0 Å². The highest BCUT2D eigenvalue weighted by Crippen LogP contribution is 2.38. The van der Waals surface area contributed by atoms with Crippen molar-refractivity contribution in [3.8, 4) is 11.1 Å². The highest BCUT2D eigenvalue weighted by atomic mass is 32.2. The Balaban J connectivity index is 1.99. The summed E-state index contributed by atoms with van der Waals surface area (Å²) in [5.41, 5.74) is 3.32. The molecule has 0 radical (unpaired) electrons. The molecule has 3 N–H and O–H groups in total. The van der Waals surface area contributed by atoms with Crippen LogP contribution in [0, 0.1) is 19.7 Å². The summed E-state index contributed by atoms with van der Waals surface area (Å²) < 4.78 is 47.7. The monoisotopic (exact) mass is 538 g/mol. The number of rotatable bonds is 8. The minimum absolute atomic E-state index is 0.0246. The molecule has 38 heavy (non-hydrogen) atoms. The van der Waals surface area contributed by atoms with Crippen LogP contribution in [0.2, 0.25) is 0 Å². The Bertz CT molecular complexity index is 1730. The molecule has 4 rings (SSSR count). The molecule has 0 saturated heterocycles. The Morgan fingerprint density at radius 3 is 2.45 bits per heavy atom. The van der Waals surface area contributed by atoms with Crippen LogP contribution >= 0.6 is 0 Å². The SMILES string of the molecule is C=CS(=O)(=O)Nc1ccc(Nc2c(C)cc(F)cc2C)c(-c2cn(C)c(=O)c3oc(C(=O)NCC)cc23)c1. The van der Waals surface area contributed by atoms with Gasteiger partial charge in [0.1, 0.15) is 5.82 Å². The van der Waals surface area contributed by atoms with E-state index < -0.39 is 21.5 Å². The summed E-state index contributed by atoms with van der Waals surface area (Å²) in [5.74, 6) is -0.870. The van der Waals surface area contributed by atoms with Crippen molar-refractivity contribution >= 4 is 44.0 Å². The normalized spacial score (nSPS) is 11.4. The molecule has 0 aliphatic carbocycles. The van der Waals surface area contributed by atoms with Crippen molar-refractivity contribution in [2.24, 2.45) is 7.05 Å². The van der Waals surface area contributed by atoms with Gasteiger partial charge in [-0.1, -0.05) is 6.58 Å². The van der Waals surface area contributed by atoms with Crippen molar-refractivity contribution < 1.29 is 22.0 Å². The first-order chi connectivity index (χ1) is 17.9. The summed E-state index contributed by atoms with van der Waals surface area (Å²) in [4.78, 5) is 25.3. The fraction of sp³-hybridized carbons (Fsp3) is 0.185. The quantitative estimate of drug-likeness (QED) is 0.292. The lowest BCUT2D eigenvalue weighted by atomic mass is 10.00. The van der Waals surface area contributed by atoms with E-state index in [0.29, 0.717) is 45.6 Å². The second-order valence-electron chi connectivity index (χ2n) is 8.79. The number of fused-ring (bicyclic) bond motifs is 1. The minimum atomic E-state index is -3.81. The summed E-state index contributed by atoms with van der Waals surface area (Å²) in [6, 6.07) is 9.11. The van der Waals surface area contributed by atoms with Gasteiger partial charge in [-0.05, 0) is 68.3 Å². The number of carbonyl (C=O) groups is 1. The Morgan fingerprint density at radius 2 is 1.82 bits per heavy atom. The first-order valence-corrected chi connectivity index (χ1v) is 13.2. The summed E-state index contributed by atoms with van der Waals surface area (Å²) >= 11 is 0. The molecule has 0 aliphatic heterocycles. The van der Waals surface area contributed by atoms with Gasteiger partial charge in [0.05, 0.1) is 0 Å². The summed E-state index contributed by atoms with van der Waals surface area (Å²) in [6.07, 6.45) is 1.58. The molecule has 4 aromatic rings. The number of nitrogens with zero attached hydrogens (tertiary/aromatic N) is 1. The molecular weight excluding hydrogens is 511 g/mol. The lowest BCUT2D eigenvalue weighted by molar-refractivity contribution is 0.0930. The van der Waals surface area contributed by atoms with Crippen LogP contribution in [0.4, 0.5) is 21.5 Å². The zero-order valence-electron chi connectivity index (χ0n) is 21.3. The molecule has 0 bridgehead atoms. The molecule has 11 heteroatoms. The van der Waals surface area contributed by atoms with E-state index in [1.165, 1.54) is 22.8 Å². The fourth-order valence-electron chi connectivity index (χ4n) is 4.19. The molecule has 2 aromatic carbocycles. The predicted octanol–water partition coefficient (Wildman–Crippen LogP) is 4.93. The summed E-state index contributed by atoms with van der Waals surface area (Å²) in [7, 11) is -2.26. The van der Waals surface area contributed by atoms with E-state index in [1.807, 2.05) is 0 Å². The van der Waals surface area contributed by atoms with Crippen LogP contribution in [0.5, 0.6) is 0 Å². The van der Waals surface area contributed by atoms with Gasteiger partial charge in [-0.2, -0.15) is 0 Å². The number of anilines is 3. The molecule has 0 atom stereocenters. The number of hydrogen-bond acceptors (Lipinski definition) is 6. The summed E-state index contributed by atoms with van der Waals surface area (Å²) in [5, 5.41) is 7.14. The molecule has 9 nitrogen and oxygen atoms in total. The number of amides is 1. The Kier molecular flexibility index (Phi) is 7.14. The van der Waals surface area contributed by atoms with Crippen molar-refractivity contribution in [3.63, 3.8) is 0 Å². The molecule has 0 fully saturated rings. The Labute approximate surface area is 219 Å². The molecule has 2 heterocycles. The van der Waals surface area contributed by atoms with Crippen LogP contribution in [0.3, 0.4) is 0 Å². The standard InChI is InChI=1S/C27H27FN4O5S/c1-6-29-26(33)23-13-20-21(14-32(5)27(34)25(20)37-23)19-12-18(31-38(35,36)7-2)8-9-22(19)30-24-15(3)10-17(28)11-16(24)4/h7-14,30-31H,2,6H2,1,3-5H3,(H,29,33). The van der Waals surface area contributed by atoms with Crippen LogP contribution < -0.4 is 20.9 Å². The van der Waals surface area contributed by atoms with Gasteiger partial charge in [0, 0.05) is 58.8 Å². The Hall–Kier alpha value is -4.38. The highest BCUT2D eigenvalue weighted by Gasteiger charge is 2.21. The smallest absolute Gasteiger partial charge is 0.293 e. The number of furan rings is 1. The second-order valence-corrected chi connectivity index (χ2v) is 10.4. The number of hydrogen-bond donors (Lipinski definition) is 3. The molecule has 198 valence electrons. The average Bonchev–Trinajstić information content (AvgIpc) is 3.30. The first kappa shape index (κ1) is 26.7. The molecule has 2 aromatic heterocycles. The lowest BCUT2D eigenvalue weighted by Crippen LogP contribution is -2.22. The number of nitrogens with one attached hydrogen (secondary N) is 3. The highest BCUT2D eigenvalue weighted by molar-refractivity contribution is 7.95. The van der Waals surface area contributed by atoms with E-state index in [-0.39, 0.29) is 22.8 Å². The largest absolute Gasteiger partial charge is 0.445 e. The number of pyridine rings is 1. The number of carbonyl (C=O) groups excluding carboxylic acids is 1. The van der Waals surface area contributed by atoms with Crippen molar-refractivity contribution in [3.05, 3.63) is 87.6 Å². The van der Waals surface area contributed by atoms with E-state index in [1.54, 1.807) is 52.2 Å². The maximum atomic E-state index is 13.9. The third-order valence-corrected chi connectivity index (χ3v) is 6.93. The van der Waals surface area contributed by atoms with Crippen LogP contribution in [-0.4, -0.2) is 25.4 Å².